The largest absolute Gasteiger partial charge is 0.460 e. The van der Waals surface area contributed by atoms with E-state index in [2.05, 4.69) is 28.0 Å². The second-order valence-corrected chi connectivity index (χ2v) is 6.03. The summed E-state index contributed by atoms with van der Waals surface area (Å²) in [6.07, 6.45) is 8.69. The van der Waals surface area contributed by atoms with Gasteiger partial charge in [-0.05, 0) is 62.4 Å². The first kappa shape index (κ1) is 13.4. The van der Waals surface area contributed by atoms with Crippen molar-refractivity contribution in [3.05, 3.63) is 35.3 Å². The van der Waals surface area contributed by atoms with Crippen molar-refractivity contribution >= 4 is 23.5 Å². The Morgan fingerprint density at radius 1 is 1.40 bits per heavy atom. The molecule has 1 fully saturated rings. The van der Waals surface area contributed by atoms with E-state index in [1.165, 1.54) is 12.8 Å². The Morgan fingerprint density at radius 2 is 2.25 bits per heavy atom. The minimum atomic E-state index is 0.452. The molecule has 2 aliphatic rings. The Hall–Kier alpha value is -1.62. The van der Waals surface area contributed by atoms with Gasteiger partial charge in [0.15, 0.2) is 5.11 Å². The number of rotatable bonds is 3. The van der Waals surface area contributed by atoms with Gasteiger partial charge in [0, 0.05) is 6.04 Å². The van der Waals surface area contributed by atoms with Crippen LogP contribution in [-0.4, -0.2) is 17.4 Å². The van der Waals surface area contributed by atoms with E-state index < -0.39 is 0 Å². The molecule has 20 heavy (non-hydrogen) atoms. The zero-order valence-corrected chi connectivity index (χ0v) is 12.5. The first-order valence-electron chi connectivity index (χ1n) is 6.97. The van der Waals surface area contributed by atoms with Crippen molar-refractivity contribution in [2.45, 2.75) is 32.7 Å². The number of hydrazone groups is 1. The van der Waals surface area contributed by atoms with Gasteiger partial charge in [0.05, 0.1) is 6.21 Å². The van der Waals surface area contributed by atoms with Gasteiger partial charge in [-0.1, -0.05) is 12.2 Å². The molecule has 3 unspecified atom stereocenters. The number of nitrogens with zero attached hydrogens (tertiary/aromatic N) is 1. The molecule has 2 N–H and O–H groups in total. The summed E-state index contributed by atoms with van der Waals surface area (Å²) in [5.74, 6) is 3.01. The summed E-state index contributed by atoms with van der Waals surface area (Å²) in [4.78, 5) is 0. The van der Waals surface area contributed by atoms with Gasteiger partial charge in [-0.25, -0.2) is 0 Å². The molecule has 0 spiro atoms. The van der Waals surface area contributed by atoms with Crippen LogP contribution in [0.3, 0.4) is 0 Å². The van der Waals surface area contributed by atoms with Crippen molar-refractivity contribution < 1.29 is 4.42 Å². The average molecular weight is 289 g/mol. The quantitative estimate of drug-likeness (QED) is 0.389. The maximum Gasteiger partial charge on any atom is 0.187 e. The third-order valence-corrected chi connectivity index (χ3v) is 4.35. The molecule has 106 valence electrons. The van der Waals surface area contributed by atoms with Gasteiger partial charge >= 0.3 is 0 Å². The van der Waals surface area contributed by atoms with E-state index >= 15 is 0 Å². The fourth-order valence-corrected chi connectivity index (χ4v) is 3.17. The number of hydrogen-bond donors (Lipinski definition) is 2. The molecule has 3 rings (SSSR count). The first-order valence-corrected chi connectivity index (χ1v) is 7.37. The van der Waals surface area contributed by atoms with Gasteiger partial charge < -0.3 is 9.73 Å². The van der Waals surface area contributed by atoms with Crippen LogP contribution in [0.1, 0.15) is 29.9 Å². The van der Waals surface area contributed by atoms with Gasteiger partial charge in [0.25, 0.3) is 0 Å². The first-order chi connectivity index (χ1) is 9.61. The number of aryl methyl sites for hydroxylation is 2. The molecule has 1 aromatic heterocycles. The molecule has 2 aliphatic carbocycles. The summed E-state index contributed by atoms with van der Waals surface area (Å²) in [5.41, 5.74) is 3.98. The van der Waals surface area contributed by atoms with Crippen LogP contribution in [0, 0.1) is 25.7 Å². The lowest BCUT2D eigenvalue weighted by Crippen LogP contribution is -2.42. The van der Waals surface area contributed by atoms with Crippen LogP contribution in [0.4, 0.5) is 0 Å². The minimum Gasteiger partial charge on any atom is -0.460 e. The van der Waals surface area contributed by atoms with E-state index in [9.17, 15) is 0 Å². The lowest BCUT2D eigenvalue weighted by molar-refractivity contribution is 0.519. The van der Waals surface area contributed by atoms with Crippen LogP contribution in [0.15, 0.2) is 27.7 Å². The van der Waals surface area contributed by atoms with Crippen LogP contribution in [0.2, 0.25) is 0 Å². The maximum absolute atomic E-state index is 5.51. The van der Waals surface area contributed by atoms with Gasteiger partial charge in [0.2, 0.25) is 0 Å². The molecule has 0 aliphatic heterocycles. The number of thiocarbonyl (C=S) groups is 1. The van der Waals surface area contributed by atoms with Crippen molar-refractivity contribution in [2.75, 3.05) is 0 Å². The molecule has 1 heterocycles. The normalized spacial score (nSPS) is 27.4. The number of furan rings is 1. The summed E-state index contributed by atoms with van der Waals surface area (Å²) in [7, 11) is 0. The van der Waals surface area contributed by atoms with Crippen molar-refractivity contribution in [1.29, 1.82) is 0 Å². The number of fused-ring (bicyclic) bond motifs is 2. The van der Waals surface area contributed by atoms with Crippen LogP contribution < -0.4 is 10.7 Å². The fourth-order valence-electron chi connectivity index (χ4n) is 2.97. The lowest BCUT2D eigenvalue weighted by Gasteiger charge is -2.20. The predicted molar refractivity (Wildman–Crippen MR) is 83.8 cm³/mol. The summed E-state index contributed by atoms with van der Waals surface area (Å²) in [6.45, 7) is 3.95. The number of hydrogen-bond acceptors (Lipinski definition) is 3. The molecule has 0 saturated heterocycles. The summed E-state index contributed by atoms with van der Waals surface area (Å²) in [6, 6.07) is 2.41. The van der Waals surface area contributed by atoms with Gasteiger partial charge in [-0.15, -0.1) is 0 Å². The van der Waals surface area contributed by atoms with E-state index in [0.717, 1.165) is 23.0 Å². The average Bonchev–Trinajstić information content (AvgIpc) is 3.07. The molecule has 5 heteroatoms. The van der Waals surface area contributed by atoms with Gasteiger partial charge in [-0.2, -0.15) is 5.10 Å². The highest BCUT2D eigenvalue weighted by atomic mass is 32.1. The molecule has 0 radical (unpaired) electrons. The third kappa shape index (κ3) is 2.77. The fraction of sp³-hybridized carbons (Fsp3) is 0.467. The molecule has 4 nitrogen and oxygen atoms in total. The van der Waals surface area contributed by atoms with Crippen LogP contribution in [-0.2, 0) is 0 Å². The third-order valence-electron chi connectivity index (χ3n) is 4.14. The zero-order chi connectivity index (χ0) is 14.1. The van der Waals surface area contributed by atoms with E-state index in [1.54, 1.807) is 6.21 Å². The highest BCUT2D eigenvalue weighted by Crippen LogP contribution is 2.38. The summed E-state index contributed by atoms with van der Waals surface area (Å²) in [5, 5.41) is 8.02. The molecule has 1 aromatic rings. The molecule has 2 bridgehead atoms. The second kappa shape index (κ2) is 5.40. The smallest absolute Gasteiger partial charge is 0.187 e. The standard InChI is InChI=1S/C15H19N3OS/c1-9-5-13(19-10(9)2)8-16-18-15(20)17-14-7-11-3-4-12(14)6-11/h3-5,8,11-12,14H,6-7H2,1-2H3,(H2,17,18,20). The highest BCUT2D eigenvalue weighted by Gasteiger charge is 2.35. The monoisotopic (exact) mass is 289 g/mol. The maximum atomic E-state index is 5.51. The van der Waals surface area contributed by atoms with E-state index in [1.807, 2.05) is 19.9 Å². The minimum absolute atomic E-state index is 0.452. The second-order valence-electron chi connectivity index (χ2n) is 5.62. The lowest BCUT2D eigenvalue weighted by atomic mass is 10.0. The van der Waals surface area contributed by atoms with Gasteiger partial charge in [-0.3, -0.25) is 5.43 Å². The molecule has 3 atom stereocenters. The Morgan fingerprint density at radius 3 is 2.85 bits per heavy atom. The Bertz CT molecular complexity index is 556. The zero-order valence-electron chi connectivity index (χ0n) is 11.7. The van der Waals surface area contributed by atoms with Gasteiger partial charge in [0.1, 0.15) is 11.5 Å². The van der Waals surface area contributed by atoms with Crippen molar-refractivity contribution in [3.8, 4) is 0 Å². The molecular weight excluding hydrogens is 270 g/mol. The van der Waals surface area contributed by atoms with Crippen molar-refractivity contribution in [1.82, 2.24) is 10.7 Å². The molecule has 0 aromatic carbocycles. The van der Waals surface area contributed by atoms with Crippen LogP contribution >= 0.6 is 12.2 Å². The Kier molecular flexibility index (Phi) is 3.61. The van der Waals surface area contributed by atoms with Crippen molar-refractivity contribution in [3.63, 3.8) is 0 Å². The van der Waals surface area contributed by atoms with E-state index in [4.69, 9.17) is 16.6 Å². The Labute approximate surface area is 124 Å². The number of nitrogens with one attached hydrogen (secondary N) is 2. The molecule has 1 saturated carbocycles. The summed E-state index contributed by atoms with van der Waals surface area (Å²) >= 11 is 5.26. The van der Waals surface area contributed by atoms with Crippen LogP contribution in [0.5, 0.6) is 0 Å². The molecule has 0 amide bonds. The molecular formula is C15H19N3OS. The topological polar surface area (TPSA) is 49.6 Å². The number of allylic oxidation sites excluding steroid dienone is 1. The Balaban J connectivity index is 1.48. The van der Waals surface area contributed by atoms with E-state index in [-0.39, 0.29) is 0 Å². The van der Waals surface area contributed by atoms with E-state index in [0.29, 0.717) is 17.1 Å². The van der Waals surface area contributed by atoms with Crippen LogP contribution in [0.25, 0.3) is 0 Å². The SMILES string of the molecule is Cc1cc(C=NNC(=S)NC2CC3C=CC2C3)oc1C. The summed E-state index contributed by atoms with van der Waals surface area (Å²) < 4.78 is 5.51. The predicted octanol–water partition coefficient (Wildman–Crippen LogP) is 2.66. The highest BCUT2D eigenvalue weighted by molar-refractivity contribution is 7.80. The van der Waals surface area contributed by atoms with Crippen molar-refractivity contribution in [2.24, 2.45) is 16.9 Å².